The van der Waals surface area contributed by atoms with Crippen molar-refractivity contribution in [2.24, 2.45) is 11.7 Å². The Morgan fingerprint density at radius 2 is 1.53 bits per heavy atom. The van der Waals surface area contributed by atoms with Crippen LogP contribution in [0.1, 0.15) is 90.0 Å². The van der Waals surface area contributed by atoms with Crippen molar-refractivity contribution in [3.63, 3.8) is 0 Å². The molecule has 7 amide bonds. The summed E-state index contributed by atoms with van der Waals surface area (Å²) in [6.45, 7) is 3.60. The normalized spacial score (nSPS) is 17.1. The fraction of sp³-hybridized carbons (Fsp3) is 0.629. The molecule has 1 saturated carbocycles. The number of thioether (sulfide) groups is 1. The van der Waals surface area contributed by atoms with Crippen molar-refractivity contribution in [1.82, 2.24) is 26.2 Å². The zero-order chi connectivity index (χ0) is 35.8. The SMILES string of the molecule is CCC(CC)(SC1CC(=O)N(CCCCCC(=O)NCC(=O)NCC(=O)NC(Cc2ccccc2)C(=O)NCC(N)=O)C1=O)C1CCCC1. The fourth-order valence-corrected chi connectivity index (χ4v) is 8.43. The number of likely N-dealkylation sites (tertiary alicyclic amines) is 1. The van der Waals surface area contributed by atoms with E-state index in [9.17, 15) is 33.6 Å². The van der Waals surface area contributed by atoms with Gasteiger partial charge in [-0.05, 0) is 50.0 Å². The number of nitrogens with two attached hydrogens (primary N) is 1. The minimum absolute atomic E-state index is 0.0432. The van der Waals surface area contributed by atoms with Crippen molar-refractivity contribution in [2.75, 3.05) is 26.2 Å². The Kier molecular flexibility index (Phi) is 16.0. The minimum atomic E-state index is -1.00. The van der Waals surface area contributed by atoms with E-state index in [-0.39, 0.29) is 60.1 Å². The van der Waals surface area contributed by atoms with Crippen LogP contribution in [0.15, 0.2) is 30.3 Å². The monoisotopic (exact) mass is 700 g/mol. The number of hydrogen-bond acceptors (Lipinski definition) is 8. The second-order valence-corrected chi connectivity index (χ2v) is 14.4. The number of carbonyl (C=O) groups is 7. The molecule has 49 heavy (non-hydrogen) atoms. The lowest BCUT2D eigenvalue weighted by Crippen LogP contribution is -2.52. The van der Waals surface area contributed by atoms with Crippen LogP contribution in [0.3, 0.4) is 0 Å². The van der Waals surface area contributed by atoms with Crippen LogP contribution in [-0.2, 0) is 40.0 Å². The summed E-state index contributed by atoms with van der Waals surface area (Å²) in [5, 5.41) is 9.54. The number of hydrogen-bond donors (Lipinski definition) is 5. The number of nitrogens with one attached hydrogen (secondary N) is 4. The van der Waals surface area contributed by atoms with Crippen LogP contribution in [0.2, 0.25) is 0 Å². The number of rotatable bonds is 21. The van der Waals surface area contributed by atoms with Crippen molar-refractivity contribution in [3.8, 4) is 0 Å². The first-order valence-corrected chi connectivity index (χ1v) is 18.3. The maximum absolute atomic E-state index is 13.2. The predicted octanol–water partition coefficient (Wildman–Crippen LogP) is 1.72. The largest absolute Gasteiger partial charge is 0.368 e. The van der Waals surface area contributed by atoms with Gasteiger partial charge in [-0.2, -0.15) is 0 Å². The maximum atomic E-state index is 13.2. The van der Waals surface area contributed by atoms with E-state index in [1.165, 1.54) is 30.6 Å². The summed E-state index contributed by atoms with van der Waals surface area (Å²) in [5.41, 5.74) is 5.87. The van der Waals surface area contributed by atoms with Gasteiger partial charge >= 0.3 is 0 Å². The zero-order valence-electron chi connectivity index (χ0n) is 28.7. The van der Waals surface area contributed by atoms with Crippen LogP contribution in [-0.4, -0.2) is 88.5 Å². The lowest BCUT2D eigenvalue weighted by Gasteiger charge is -2.38. The van der Waals surface area contributed by atoms with E-state index in [1.807, 2.05) is 6.07 Å². The third-order valence-electron chi connectivity index (χ3n) is 9.42. The highest BCUT2D eigenvalue weighted by molar-refractivity contribution is 8.02. The summed E-state index contributed by atoms with van der Waals surface area (Å²) in [4.78, 5) is 87.9. The quantitative estimate of drug-likeness (QED) is 0.0944. The van der Waals surface area contributed by atoms with Crippen molar-refractivity contribution in [1.29, 1.82) is 0 Å². The molecule has 2 fully saturated rings. The first kappa shape index (κ1) is 39.5. The Labute approximate surface area is 293 Å². The molecule has 0 radical (unpaired) electrons. The smallest absolute Gasteiger partial charge is 0.243 e. The van der Waals surface area contributed by atoms with Crippen LogP contribution in [0.5, 0.6) is 0 Å². The van der Waals surface area contributed by atoms with Crippen LogP contribution >= 0.6 is 11.8 Å². The van der Waals surface area contributed by atoms with Gasteiger partial charge in [0.15, 0.2) is 0 Å². The molecule has 1 aliphatic carbocycles. The molecule has 1 aliphatic heterocycles. The molecule has 1 aromatic carbocycles. The van der Waals surface area contributed by atoms with Gasteiger partial charge in [0.2, 0.25) is 41.4 Å². The van der Waals surface area contributed by atoms with Crippen LogP contribution in [0.25, 0.3) is 0 Å². The summed E-state index contributed by atoms with van der Waals surface area (Å²) in [5.74, 6) is -2.47. The van der Waals surface area contributed by atoms with Crippen molar-refractivity contribution < 1.29 is 33.6 Å². The van der Waals surface area contributed by atoms with E-state index in [0.29, 0.717) is 31.7 Å². The van der Waals surface area contributed by atoms with Gasteiger partial charge in [-0.15, -0.1) is 11.8 Å². The number of unbranched alkanes of at least 4 members (excludes halogenated alkanes) is 2. The highest BCUT2D eigenvalue weighted by Gasteiger charge is 2.46. The van der Waals surface area contributed by atoms with Gasteiger partial charge in [0.25, 0.3) is 0 Å². The number of nitrogens with zero attached hydrogens (tertiary/aromatic N) is 1. The molecular formula is C35H52N6O7S. The van der Waals surface area contributed by atoms with Crippen LogP contribution in [0.4, 0.5) is 0 Å². The molecule has 3 rings (SSSR count). The number of benzene rings is 1. The zero-order valence-corrected chi connectivity index (χ0v) is 29.5. The predicted molar refractivity (Wildman–Crippen MR) is 187 cm³/mol. The Balaban J connectivity index is 1.32. The number of amides is 7. The lowest BCUT2D eigenvalue weighted by atomic mass is 9.85. The standard InChI is InChI=1S/C35H52N6O7S/c1-3-35(4-2,25-15-10-11-16-25)49-27-20-32(46)41(34(27)48)18-12-6-9-17-29(43)37-22-30(44)38-23-31(45)40-26(33(47)39-21-28(36)42)19-24-13-7-5-8-14-24/h5,7-8,13-14,25-27H,3-4,6,9-12,15-23H2,1-2H3,(H2,36,42)(H,37,43)(H,38,44)(H,39,47)(H,40,45). The Hall–Kier alpha value is -3.94. The van der Waals surface area contributed by atoms with Gasteiger partial charge in [0.05, 0.1) is 24.9 Å². The molecule has 0 spiro atoms. The second kappa shape index (κ2) is 19.9. The highest BCUT2D eigenvalue weighted by Crippen LogP contribution is 2.50. The number of carbonyl (C=O) groups excluding carboxylic acids is 7. The molecule has 1 heterocycles. The molecule has 2 unspecified atom stereocenters. The third-order valence-corrected chi connectivity index (χ3v) is 11.5. The molecule has 0 aromatic heterocycles. The molecule has 1 aromatic rings. The summed E-state index contributed by atoms with van der Waals surface area (Å²) in [6, 6.07) is 7.96. The molecule has 270 valence electrons. The van der Waals surface area contributed by atoms with Crippen LogP contribution < -0.4 is 27.0 Å². The molecule has 6 N–H and O–H groups in total. The Morgan fingerprint density at radius 3 is 2.18 bits per heavy atom. The van der Waals surface area contributed by atoms with Gasteiger partial charge in [0, 0.05) is 30.6 Å². The maximum Gasteiger partial charge on any atom is 0.243 e. The van der Waals surface area contributed by atoms with Crippen LogP contribution in [0, 0.1) is 5.92 Å². The third kappa shape index (κ3) is 12.5. The van der Waals surface area contributed by atoms with Gasteiger partial charge < -0.3 is 27.0 Å². The van der Waals surface area contributed by atoms with E-state index in [0.717, 1.165) is 18.4 Å². The Bertz CT molecular complexity index is 1320. The molecule has 0 bridgehead atoms. The second-order valence-electron chi connectivity index (χ2n) is 12.8. The van der Waals surface area contributed by atoms with Gasteiger partial charge in [-0.1, -0.05) is 63.4 Å². The first-order valence-electron chi connectivity index (χ1n) is 17.4. The number of imide groups is 1. The minimum Gasteiger partial charge on any atom is -0.368 e. The summed E-state index contributed by atoms with van der Waals surface area (Å²) < 4.78 is 0.0432. The number of primary amides is 1. The van der Waals surface area contributed by atoms with E-state index in [2.05, 4.69) is 35.1 Å². The Morgan fingerprint density at radius 1 is 0.878 bits per heavy atom. The molecule has 2 atom stereocenters. The first-order chi connectivity index (χ1) is 23.5. The molecule has 13 nitrogen and oxygen atoms in total. The summed E-state index contributed by atoms with van der Waals surface area (Å²) >= 11 is 1.73. The molecule has 2 aliphatic rings. The van der Waals surface area contributed by atoms with Crippen molar-refractivity contribution in [2.45, 2.75) is 107 Å². The summed E-state index contributed by atoms with van der Waals surface area (Å²) in [7, 11) is 0. The van der Waals surface area contributed by atoms with Gasteiger partial charge in [-0.25, -0.2) is 0 Å². The van der Waals surface area contributed by atoms with Gasteiger partial charge in [0.1, 0.15) is 6.04 Å². The average molecular weight is 701 g/mol. The van der Waals surface area contributed by atoms with Crippen molar-refractivity contribution in [3.05, 3.63) is 35.9 Å². The molecule has 14 heteroatoms. The topological polar surface area (TPSA) is 197 Å². The van der Waals surface area contributed by atoms with E-state index < -0.39 is 36.2 Å². The summed E-state index contributed by atoms with van der Waals surface area (Å²) in [6.07, 6.45) is 9.20. The lowest BCUT2D eigenvalue weighted by molar-refractivity contribution is -0.138. The molecular weight excluding hydrogens is 648 g/mol. The average Bonchev–Trinajstić information content (AvgIpc) is 3.72. The van der Waals surface area contributed by atoms with E-state index in [1.54, 1.807) is 36.0 Å². The van der Waals surface area contributed by atoms with Gasteiger partial charge in [-0.3, -0.25) is 38.5 Å². The van der Waals surface area contributed by atoms with E-state index in [4.69, 9.17) is 5.73 Å². The van der Waals surface area contributed by atoms with E-state index >= 15 is 0 Å². The van der Waals surface area contributed by atoms with Crippen molar-refractivity contribution >= 4 is 53.1 Å². The fourth-order valence-electron chi connectivity index (χ4n) is 6.65. The highest BCUT2D eigenvalue weighted by atomic mass is 32.2. The molecule has 1 saturated heterocycles.